The Hall–Kier alpha value is -1.56. The summed E-state index contributed by atoms with van der Waals surface area (Å²) in [6.45, 7) is 2.78. The zero-order valence-corrected chi connectivity index (χ0v) is 11.5. The van der Waals surface area contributed by atoms with Crippen molar-refractivity contribution in [1.82, 2.24) is 14.5 Å². The van der Waals surface area contributed by atoms with Gasteiger partial charge in [-0.05, 0) is 18.6 Å². The molecule has 0 atom stereocenters. The molecule has 2 aromatic heterocycles. The van der Waals surface area contributed by atoms with Gasteiger partial charge in [0, 0.05) is 25.4 Å². The fourth-order valence-corrected chi connectivity index (χ4v) is 2.15. The fourth-order valence-electron chi connectivity index (χ4n) is 1.92. The predicted octanol–water partition coefficient (Wildman–Crippen LogP) is 3.95. The number of alkyl halides is 3. The average molecular weight is 304 g/mol. The fraction of sp³-hybridized carbons (Fsp3) is 0.385. The summed E-state index contributed by atoms with van der Waals surface area (Å²) in [6, 6.07) is 1.83. The molecule has 0 aliphatic rings. The Morgan fingerprint density at radius 3 is 2.70 bits per heavy atom. The molecule has 3 nitrogen and oxygen atoms in total. The first-order valence-electron chi connectivity index (χ1n) is 6.14. The van der Waals surface area contributed by atoms with Crippen LogP contribution in [0.5, 0.6) is 0 Å². The van der Waals surface area contributed by atoms with Gasteiger partial charge in [-0.3, -0.25) is 0 Å². The molecule has 2 aromatic rings. The first kappa shape index (κ1) is 14.8. The molecular weight excluding hydrogens is 291 g/mol. The van der Waals surface area contributed by atoms with Crippen molar-refractivity contribution in [3.8, 4) is 0 Å². The van der Waals surface area contributed by atoms with E-state index in [0.29, 0.717) is 5.82 Å². The minimum atomic E-state index is -4.43. The van der Waals surface area contributed by atoms with Crippen LogP contribution in [0, 0.1) is 0 Å². The molecule has 0 bridgehead atoms. The Morgan fingerprint density at radius 2 is 2.05 bits per heavy atom. The number of halogens is 4. The number of nitrogens with zero attached hydrogens (tertiary/aromatic N) is 3. The lowest BCUT2D eigenvalue weighted by Crippen LogP contribution is -2.09. The van der Waals surface area contributed by atoms with E-state index in [0.717, 1.165) is 25.1 Å². The molecule has 2 rings (SSSR count). The van der Waals surface area contributed by atoms with Crippen molar-refractivity contribution in [3.05, 3.63) is 46.8 Å². The molecule has 0 spiro atoms. The molecule has 0 amide bonds. The smallest absolute Gasteiger partial charge is 0.335 e. The third kappa shape index (κ3) is 3.50. The molecule has 0 fully saturated rings. The Kier molecular flexibility index (Phi) is 4.32. The van der Waals surface area contributed by atoms with E-state index < -0.39 is 11.7 Å². The van der Waals surface area contributed by atoms with Crippen molar-refractivity contribution in [2.24, 2.45) is 0 Å². The number of aryl methyl sites for hydroxylation is 1. The molecule has 7 heteroatoms. The number of pyridine rings is 1. The summed E-state index contributed by atoms with van der Waals surface area (Å²) in [5.74, 6) is 0.676. The van der Waals surface area contributed by atoms with Crippen molar-refractivity contribution in [2.75, 3.05) is 0 Å². The minimum absolute atomic E-state index is 0.163. The molecule has 0 radical (unpaired) electrons. The normalized spacial score (nSPS) is 11.8. The average Bonchev–Trinajstić information content (AvgIpc) is 2.75. The molecule has 0 aliphatic carbocycles. The van der Waals surface area contributed by atoms with Crippen LogP contribution in [0.3, 0.4) is 0 Å². The van der Waals surface area contributed by atoms with E-state index in [9.17, 15) is 13.2 Å². The van der Waals surface area contributed by atoms with Gasteiger partial charge >= 0.3 is 6.18 Å². The van der Waals surface area contributed by atoms with Crippen molar-refractivity contribution < 1.29 is 13.2 Å². The molecule has 0 saturated heterocycles. The number of rotatable bonds is 4. The van der Waals surface area contributed by atoms with E-state index in [1.165, 1.54) is 0 Å². The quantitative estimate of drug-likeness (QED) is 0.801. The number of hydrogen-bond donors (Lipinski definition) is 0. The van der Waals surface area contributed by atoms with Crippen LogP contribution in [0.25, 0.3) is 0 Å². The molecule has 0 unspecified atom stereocenters. The Morgan fingerprint density at radius 1 is 1.30 bits per heavy atom. The first-order valence-corrected chi connectivity index (χ1v) is 6.51. The standard InChI is InChI=1S/C13H13ClF3N3/c1-2-4-20-5-3-18-12(20)8-10-6-9(13(15,16)17)7-11(14)19-10/h3,5-7H,2,4,8H2,1H3. The molecule has 0 saturated carbocycles. The van der Waals surface area contributed by atoms with Crippen LogP contribution in [-0.2, 0) is 19.1 Å². The van der Waals surface area contributed by atoms with Crippen molar-refractivity contribution in [2.45, 2.75) is 32.5 Å². The van der Waals surface area contributed by atoms with Crippen molar-refractivity contribution in [3.63, 3.8) is 0 Å². The van der Waals surface area contributed by atoms with Gasteiger partial charge in [-0.25, -0.2) is 9.97 Å². The third-order valence-electron chi connectivity index (χ3n) is 2.78. The van der Waals surface area contributed by atoms with Gasteiger partial charge in [-0.15, -0.1) is 0 Å². The van der Waals surface area contributed by atoms with Gasteiger partial charge < -0.3 is 4.57 Å². The van der Waals surface area contributed by atoms with Gasteiger partial charge in [0.15, 0.2) is 0 Å². The maximum absolute atomic E-state index is 12.7. The van der Waals surface area contributed by atoms with E-state index in [1.807, 2.05) is 11.5 Å². The third-order valence-corrected chi connectivity index (χ3v) is 2.97. The number of imidazole rings is 1. The highest BCUT2D eigenvalue weighted by molar-refractivity contribution is 6.29. The lowest BCUT2D eigenvalue weighted by molar-refractivity contribution is -0.137. The van der Waals surface area contributed by atoms with Crippen LogP contribution >= 0.6 is 11.6 Å². The summed E-state index contributed by atoms with van der Waals surface area (Å²) in [7, 11) is 0. The van der Waals surface area contributed by atoms with Crippen molar-refractivity contribution in [1.29, 1.82) is 0 Å². The summed E-state index contributed by atoms with van der Waals surface area (Å²) >= 11 is 5.66. The van der Waals surface area contributed by atoms with Crippen LogP contribution in [0.1, 0.15) is 30.4 Å². The van der Waals surface area contributed by atoms with Gasteiger partial charge in [0.2, 0.25) is 0 Å². The van der Waals surface area contributed by atoms with Crippen LogP contribution in [0.4, 0.5) is 13.2 Å². The van der Waals surface area contributed by atoms with Gasteiger partial charge in [-0.1, -0.05) is 18.5 Å². The summed E-state index contributed by atoms with van der Waals surface area (Å²) in [5.41, 5.74) is -0.533. The van der Waals surface area contributed by atoms with E-state index >= 15 is 0 Å². The van der Waals surface area contributed by atoms with E-state index in [-0.39, 0.29) is 17.3 Å². The molecule has 0 N–H and O–H groups in total. The van der Waals surface area contributed by atoms with Gasteiger partial charge in [0.05, 0.1) is 11.3 Å². The molecule has 20 heavy (non-hydrogen) atoms. The Bertz CT molecular complexity index is 593. The van der Waals surface area contributed by atoms with E-state index in [4.69, 9.17) is 11.6 Å². The van der Waals surface area contributed by atoms with E-state index in [1.54, 1.807) is 12.4 Å². The summed E-state index contributed by atoms with van der Waals surface area (Å²) in [6.07, 6.45) is 0.130. The van der Waals surface area contributed by atoms with Crippen molar-refractivity contribution >= 4 is 11.6 Å². The zero-order valence-electron chi connectivity index (χ0n) is 10.8. The molecule has 108 valence electrons. The highest BCUT2D eigenvalue weighted by Gasteiger charge is 2.31. The molecule has 0 aliphatic heterocycles. The second-order valence-electron chi connectivity index (χ2n) is 4.38. The maximum atomic E-state index is 12.7. The zero-order chi connectivity index (χ0) is 14.8. The molecule has 2 heterocycles. The summed E-state index contributed by atoms with van der Waals surface area (Å²) in [4.78, 5) is 8.09. The Labute approximate surface area is 119 Å². The summed E-state index contributed by atoms with van der Waals surface area (Å²) in [5, 5.41) is -0.163. The highest BCUT2D eigenvalue weighted by Crippen LogP contribution is 2.31. The topological polar surface area (TPSA) is 30.7 Å². The maximum Gasteiger partial charge on any atom is 0.416 e. The molecular formula is C13H13ClF3N3. The number of hydrogen-bond acceptors (Lipinski definition) is 2. The SMILES string of the molecule is CCCn1ccnc1Cc1cc(C(F)(F)F)cc(Cl)n1. The lowest BCUT2D eigenvalue weighted by Gasteiger charge is -2.10. The summed E-state index contributed by atoms with van der Waals surface area (Å²) < 4.78 is 40.1. The lowest BCUT2D eigenvalue weighted by atomic mass is 10.2. The molecule has 0 aromatic carbocycles. The second kappa shape index (κ2) is 5.83. The minimum Gasteiger partial charge on any atom is -0.335 e. The largest absolute Gasteiger partial charge is 0.416 e. The monoisotopic (exact) mass is 303 g/mol. The van der Waals surface area contributed by atoms with Crippen LogP contribution in [-0.4, -0.2) is 14.5 Å². The van der Waals surface area contributed by atoms with Gasteiger partial charge in [0.25, 0.3) is 0 Å². The van der Waals surface area contributed by atoms with Crippen LogP contribution in [0.15, 0.2) is 24.5 Å². The van der Waals surface area contributed by atoms with Gasteiger partial charge in [0.1, 0.15) is 11.0 Å². The number of aromatic nitrogens is 3. The highest BCUT2D eigenvalue weighted by atomic mass is 35.5. The Balaban J connectivity index is 2.29. The first-order chi connectivity index (χ1) is 9.40. The van der Waals surface area contributed by atoms with Crippen LogP contribution in [0.2, 0.25) is 5.15 Å². The van der Waals surface area contributed by atoms with E-state index in [2.05, 4.69) is 9.97 Å². The second-order valence-corrected chi connectivity index (χ2v) is 4.77. The van der Waals surface area contributed by atoms with Crippen LogP contribution < -0.4 is 0 Å². The predicted molar refractivity (Wildman–Crippen MR) is 69.6 cm³/mol. The van der Waals surface area contributed by atoms with Gasteiger partial charge in [-0.2, -0.15) is 13.2 Å².